The van der Waals surface area contributed by atoms with Gasteiger partial charge in [-0.3, -0.25) is 0 Å². The molecule has 1 N–H and O–H groups in total. The largest absolute Gasteiger partial charge is 0.494 e. The maximum atomic E-state index is 14.0. The van der Waals surface area contributed by atoms with Crippen LogP contribution < -0.4 is 10.1 Å². The van der Waals surface area contributed by atoms with E-state index in [4.69, 9.17) is 4.74 Å². The zero-order valence-corrected chi connectivity index (χ0v) is 24.9. The number of halogens is 1. The zero-order valence-electron chi connectivity index (χ0n) is 24.1. The summed E-state index contributed by atoms with van der Waals surface area (Å²) in [5.41, 5.74) is 1.97. The molecule has 224 valence electrons. The number of rotatable bonds is 11. The van der Waals surface area contributed by atoms with E-state index < -0.39 is 15.8 Å². The molecule has 0 bridgehead atoms. The molecule has 2 aromatic carbocycles. The summed E-state index contributed by atoms with van der Waals surface area (Å²) in [7, 11) is -2.25. The van der Waals surface area contributed by atoms with Crippen molar-refractivity contribution in [2.75, 3.05) is 51.7 Å². The molecule has 1 aromatic heterocycles. The molecule has 1 saturated carbocycles. The van der Waals surface area contributed by atoms with E-state index in [1.807, 2.05) is 0 Å². The molecular formula is C31H39FN6O3S. The fourth-order valence-corrected chi connectivity index (χ4v) is 7.77. The van der Waals surface area contributed by atoms with Gasteiger partial charge in [-0.05, 0) is 113 Å². The van der Waals surface area contributed by atoms with E-state index in [0.717, 1.165) is 45.6 Å². The van der Waals surface area contributed by atoms with E-state index in [9.17, 15) is 12.8 Å². The molecule has 42 heavy (non-hydrogen) atoms. The van der Waals surface area contributed by atoms with Gasteiger partial charge >= 0.3 is 0 Å². The summed E-state index contributed by atoms with van der Waals surface area (Å²) >= 11 is 0. The predicted molar refractivity (Wildman–Crippen MR) is 161 cm³/mol. The van der Waals surface area contributed by atoms with Crippen molar-refractivity contribution in [1.82, 2.24) is 24.1 Å². The van der Waals surface area contributed by atoms with Crippen molar-refractivity contribution in [3.8, 4) is 17.0 Å². The first-order valence-corrected chi connectivity index (χ1v) is 16.4. The van der Waals surface area contributed by atoms with Crippen LogP contribution in [0.5, 0.6) is 5.75 Å². The van der Waals surface area contributed by atoms with Crippen molar-refractivity contribution in [3.05, 3.63) is 60.5 Å². The minimum atomic E-state index is -3.67. The van der Waals surface area contributed by atoms with E-state index in [0.29, 0.717) is 40.4 Å². The Bertz CT molecular complexity index is 1470. The Morgan fingerprint density at radius 2 is 1.74 bits per heavy atom. The second-order valence-corrected chi connectivity index (χ2v) is 13.3. The lowest BCUT2D eigenvalue weighted by molar-refractivity contribution is 0.146. The fraction of sp³-hybridized carbons (Fsp3) is 0.484. The van der Waals surface area contributed by atoms with Crippen LogP contribution in [0.25, 0.3) is 11.3 Å². The number of nitrogens with one attached hydrogen (secondary N) is 1. The number of aromatic nitrogens is 2. The summed E-state index contributed by atoms with van der Waals surface area (Å²) in [6.07, 6.45) is 8.30. The van der Waals surface area contributed by atoms with Gasteiger partial charge in [-0.2, -0.15) is 4.31 Å². The first-order valence-electron chi connectivity index (χ1n) is 14.9. The third-order valence-corrected chi connectivity index (χ3v) is 10.6. The van der Waals surface area contributed by atoms with E-state index in [1.165, 1.54) is 38.9 Å². The lowest BCUT2D eigenvalue weighted by Gasteiger charge is -2.38. The highest BCUT2D eigenvalue weighted by Gasteiger charge is 2.37. The van der Waals surface area contributed by atoms with Crippen LogP contribution in [0.4, 0.5) is 16.0 Å². The number of nitrogens with zero attached hydrogens (tertiary/aromatic N) is 5. The highest BCUT2D eigenvalue weighted by molar-refractivity contribution is 7.89. The Labute approximate surface area is 247 Å². The summed E-state index contributed by atoms with van der Waals surface area (Å²) in [4.78, 5) is 14.1. The zero-order chi connectivity index (χ0) is 29.1. The van der Waals surface area contributed by atoms with Crippen LogP contribution in [0, 0.1) is 5.82 Å². The molecule has 1 aliphatic carbocycles. The third kappa shape index (κ3) is 6.59. The van der Waals surface area contributed by atoms with E-state index >= 15 is 0 Å². The van der Waals surface area contributed by atoms with Gasteiger partial charge in [0.1, 0.15) is 0 Å². The Morgan fingerprint density at radius 3 is 2.43 bits per heavy atom. The minimum absolute atomic E-state index is 0.0200. The quantitative estimate of drug-likeness (QED) is 0.340. The molecule has 0 unspecified atom stereocenters. The van der Waals surface area contributed by atoms with Crippen LogP contribution in [0.2, 0.25) is 0 Å². The van der Waals surface area contributed by atoms with Gasteiger partial charge in [0.25, 0.3) is 0 Å². The second-order valence-electron chi connectivity index (χ2n) is 11.4. The molecule has 2 saturated heterocycles. The molecular weight excluding hydrogens is 555 g/mol. The maximum Gasteiger partial charge on any atom is 0.243 e. The number of hydrogen-bond donors (Lipinski definition) is 1. The molecule has 0 atom stereocenters. The normalized spacial score (nSPS) is 18.9. The number of sulfonamides is 1. The number of piperidine rings is 1. The smallest absolute Gasteiger partial charge is 0.243 e. The summed E-state index contributed by atoms with van der Waals surface area (Å²) in [5.74, 6) is 0.0449. The summed E-state index contributed by atoms with van der Waals surface area (Å²) in [5, 5.41) is 3.16. The number of methoxy groups -OCH3 is 1. The van der Waals surface area contributed by atoms with Crippen molar-refractivity contribution in [2.45, 2.75) is 55.5 Å². The molecule has 0 amide bonds. The van der Waals surface area contributed by atoms with Crippen molar-refractivity contribution in [1.29, 1.82) is 0 Å². The number of hydrogen-bond acceptors (Lipinski definition) is 8. The number of likely N-dealkylation sites (tertiary alicyclic amines) is 2. The van der Waals surface area contributed by atoms with E-state index in [-0.39, 0.29) is 11.8 Å². The lowest BCUT2D eigenvalue weighted by Crippen LogP contribution is -2.49. The molecule has 11 heteroatoms. The topological polar surface area (TPSA) is 90.9 Å². The molecule has 3 fully saturated rings. The highest BCUT2D eigenvalue weighted by Crippen LogP contribution is 2.32. The van der Waals surface area contributed by atoms with Gasteiger partial charge in [0.15, 0.2) is 11.6 Å². The number of anilines is 2. The van der Waals surface area contributed by atoms with Crippen molar-refractivity contribution >= 4 is 21.7 Å². The van der Waals surface area contributed by atoms with Crippen molar-refractivity contribution in [3.63, 3.8) is 0 Å². The summed E-state index contributed by atoms with van der Waals surface area (Å²) in [6, 6.07) is 13.9. The molecule has 0 radical (unpaired) electrons. The van der Waals surface area contributed by atoms with Gasteiger partial charge in [0.2, 0.25) is 16.0 Å². The van der Waals surface area contributed by atoms with Crippen molar-refractivity contribution < 1.29 is 17.5 Å². The van der Waals surface area contributed by atoms with Gasteiger partial charge in [-0.25, -0.2) is 22.8 Å². The Kier molecular flexibility index (Phi) is 8.71. The Balaban J connectivity index is 1.16. The predicted octanol–water partition coefficient (Wildman–Crippen LogP) is 4.75. The molecule has 3 heterocycles. The van der Waals surface area contributed by atoms with Crippen LogP contribution in [-0.4, -0.2) is 91.0 Å². The fourth-order valence-electron chi connectivity index (χ4n) is 6.10. The highest BCUT2D eigenvalue weighted by atomic mass is 32.2. The van der Waals surface area contributed by atoms with Crippen LogP contribution in [-0.2, 0) is 10.0 Å². The Morgan fingerprint density at radius 1 is 1.00 bits per heavy atom. The van der Waals surface area contributed by atoms with Crippen LogP contribution in [0.1, 0.15) is 38.5 Å². The average molecular weight is 595 g/mol. The third-order valence-electron chi connectivity index (χ3n) is 8.62. The van der Waals surface area contributed by atoms with Crippen LogP contribution in [0.3, 0.4) is 0 Å². The van der Waals surface area contributed by atoms with Gasteiger partial charge in [-0.15, -0.1) is 0 Å². The lowest BCUT2D eigenvalue weighted by atomic mass is 10.0. The van der Waals surface area contributed by atoms with Gasteiger partial charge in [-0.1, -0.05) is 0 Å². The Hall–Kier alpha value is -3.12. The minimum Gasteiger partial charge on any atom is -0.494 e. The second kappa shape index (κ2) is 12.6. The molecule has 0 spiro atoms. The summed E-state index contributed by atoms with van der Waals surface area (Å²) < 4.78 is 48.8. The standard InChI is InChI=1S/C31H39FN6O3S/c1-41-30-22-23(4-11-28(30)32)29-12-15-33-31(35-29)34-24-5-9-27(10-6-24)42(39,40)38(21-20-36-16-2-3-17-36)26-13-18-37(19-14-26)25-7-8-25/h4-6,9-12,15,22,25-26H,2-3,7-8,13-14,16-21H2,1H3,(H,33,34,35). The van der Waals surface area contributed by atoms with Gasteiger partial charge in [0.05, 0.1) is 17.7 Å². The molecule has 3 aliphatic rings. The number of ether oxygens (including phenoxy) is 1. The van der Waals surface area contributed by atoms with E-state index in [1.54, 1.807) is 53.0 Å². The monoisotopic (exact) mass is 594 g/mol. The molecule has 2 aliphatic heterocycles. The maximum absolute atomic E-state index is 14.0. The van der Waals surface area contributed by atoms with Crippen LogP contribution in [0.15, 0.2) is 59.6 Å². The van der Waals surface area contributed by atoms with Crippen molar-refractivity contribution in [2.24, 2.45) is 0 Å². The van der Waals surface area contributed by atoms with Gasteiger partial charge in [0, 0.05) is 42.6 Å². The van der Waals surface area contributed by atoms with E-state index in [2.05, 4.69) is 25.1 Å². The number of benzene rings is 2. The van der Waals surface area contributed by atoms with Crippen LogP contribution >= 0.6 is 0 Å². The summed E-state index contributed by atoms with van der Waals surface area (Å²) in [6.45, 7) is 5.33. The molecule has 6 rings (SSSR count). The van der Waals surface area contributed by atoms with Gasteiger partial charge < -0.3 is 19.9 Å². The average Bonchev–Trinajstić information content (AvgIpc) is 3.73. The molecule has 9 nitrogen and oxygen atoms in total. The SMILES string of the molecule is COc1cc(-c2ccnc(Nc3ccc(S(=O)(=O)N(CCN4CCCC4)C4CCN(C5CC5)CC4)cc3)n2)ccc1F. The first kappa shape index (κ1) is 29.0. The first-order chi connectivity index (χ1) is 20.4. The molecule has 3 aromatic rings.